The van der Waals surface area contributed by atoms with Crippen molar-refractivity contribution < 1.29 is 4.79 Å². The van der Waals surface area contributed by atoms with Crippen molar-refractivity contribution in [3.05, 3.63) is 0 Å². The van der Waals surface area contributed by atoms with Gasteiger partial charge in [-0.05, 0) is 33.1 Å². The molecule has 0 radical (unpaired) electrons. The van der Waals surface area contributed by atoms with Crippen LogP contribution in [-0.2, 0) is 0 Å². The molecule has 0 heterocycles. The van der Waals surface area contributed by atoms with Crippen molar-refractivity contribution in [1.29, 1.82) is 0 Å². The van der Waals surface area contributed by atoms with E-state index in [4.69, 9.17) is 0 Å². The zero-order chi connectivity index (χ0) is 16.9. The van der Waals surface area contributed by atoms with E-state index in [1.54, 1.807) is 0 Å². The Hall–Kier alpha value is -0.730. The Kier molecular flexibility index (Phi) is 11.2. The zero-order valence-electron chi connectivity index (χ0n) is 15.9. The van der Waals surface area contributed by atoms with Crippen molar-refractivity contribution >= 4 is 6.03 Å². The lowest BCUT2D eigenvalue weighted by molar-refractivity contribution is 0.174. The quantitative estimate of drug-likeness (QED) is 0.473. The number of amides is 2. The van der Waals surface area contributed by atoms with Crippen molar-refractivity contribution in [3.63, 3.8) is 0 Å². The number of hydrogen-bond donors (Lipinski definition) is 1. The van der Waals surface area contributed by atoms with Crippen molar-refractivity contribution in [3.8, 4) is 0 Å². The van der Waals surface area contributed by atoms with E-state index < -0.39 is 0 Å². The molecule has 0 aromatic rings. The Bertz CT molecular complexity index is 298. The maximum atomic E-state index is 12.5. The van der Waals surface area contributed by atoms with E-state index >= 15 is 0 Å². The van der Waals surface area contributed by atoms with Crippen LogP contribution in [0.1, 0.15) is 104 Å². The molecule has 3 nitrogen and oxygen atoms in total. The molecule has 1 aliphatic carbocycles. The second-order valence-electron chi connectivity index (χ2n) is 7.55. The molecule has 2 amide bonds. The molecule has 0 atom stereocenters. The molecule has 0 aromatic carbocycles. The summed E-state index contributed by atoms with van der Waals surface area (Å²) in [6, 6.07) is 0.869. The summed E-state index contributed by atoms with van der Waals surface area (Å²) in [4.78, 5) is 14.5. The van der Waals surface area contributed by atoms with Crippen molar-refractivity contribution in [2.24, 2.45) is 0 Å². The molecule has 1 aliphatic rings. The summed E-state index contributed by atoms with van der Waals surface area (Å²) in [7, 11) is 0. The van der Waals surface area contributed by atoms with Crippen LogP contribution in [0.2, 0.25) is 0 Å². The number of hydrogen-bond acceptors (Lipinski definition) is 1. The number of nitrogens with one attached hydrogen (secondary N) is 1. The molecule has 1 rings (SSSR count). The fraction of sp³-hybridized carbons (Fsp3) is 0.950. The first kappa shape index (κ1) is 20.3. The average Bonchev–Trinajstić information content (AvgIpc) is 2.54. The van der Waals surface area contributed by atoms with E-state index in [0.29, 0.717) is 12.1 Å². The van der Waals surface area contributed by atoms with E-state index in [2.05, 4.69) is 26.1 Å². The normalized spacial score (nSPS) is 15.8. The third kappa shape index (κ3) is 9.22. The maximum absolute atomic E-state index is 12.5. The highest BCUT2D eigenvalue weighted by Gasteiger charge is 2.21. The predicted molar refractivity (Wildman–Crippen MR) is 99.9 cm³/mol. The number of rotatable bonds is 11. The van der Waals surface area contributed by atoms with Crippen molar-refractivity contribution in [2.45, 2.75) is 116 Å². The third-order valence-electron chi connectivity index (χ3n) is 5.07. The number of carbonyl (C=O) groups is 1. The maximum Gasteiger partial charge on any atom is 0.317 e. The lowest BCUT2D eigenvalue weighted by Crippen LogP contribution is -2.48. The van der Waals surface area contributed by atoms with Gasteiger partial charge in [-0.2, -0.15) is 0 Å². The number of carbonyl (C=O) groups excluding carboxylic acids is 1. The molecule has 1 saturated carbocycles. The van der Waals surface area contributed by atoms with Crippen LogP contribution < -0.4 is 5.32 Å². The van der Waals surface area contributed by atoms with Crippen LogP contribution in [0.15, 0.2) is 0 Å². The highest BCUT2D eigenvalue weighted by Crippen LogP contribution is 2.18. The molecule has 0 spiro atoms. The smallest absolute Gasteiger partial charge is 0.317 e. The molecule has 136 valence electrons. The predicted octanol–water partition coefficient (Wildman–Crippen LogP) is 5.88. The van der Waals surface area contributed by atoms with E-state index in [0.717, 1.165) is 25.8 Å². The van der Waals surface area contributed by atoms with Gasteiger partial charge in [0.15, 0.2) is 0 Å². The van der Waals surface area contributed by atoms with E-state index in [1.165, 1.54) is 64.2 Å². The van der Waals surface area contributed by atoms with Gasteiger partial charge in [0.1, 0.15) is 0 Å². The highest BCUT2D eigenvalue weighted by molar-refractivity contribution is 5.74. The van der Waals surface area contributed by atoms with Crippen LogP contribution in [-0.4, -0.2) is 29.6 Å². The van der Waals surface area contributed by atoms with E-state index in [9.17, 15) is 4.79 Å². The van der Waals surface area contributed by atoms with E-state index in [-0.39, 0.29) is 6.03 Å². The number of nitrogens with zero attached hydrogens (tertiary/aromatic N) is 1. The van der Waals surface area contributed by atoms with Crippen LogP contribution in [0.5, 0.6) is 0 Å². The molecule has 0 saturated heterocycles. The Morgan fingerprint density at radius 3 is 2.09 bits per heavy atom. The molecule has 3 heteroatoms. The fourth-order valence-electron chi connectivity index (χ4n) is 3.51. The number of unbranched alkanes of at least 4 members (excludes halogenated alkanes) is 7. The van der Waals surface area contributed by atoms with Gasteiger partial charge in [-0.1, -0.05) is 71.1 Å². The van der Waals surface area contributed by atoms with Gasteiger partial charge < -0.3 is 10.2 Å². The molecule has 0 unspecified atom stereocenters. The van der Waals surface area contributed by atoms with Gasteiger partial charge in [0, 0.05) is 18.6 Å². The summed E-state index contributed by atoms with van der Waals surface area (Å²) in [6.07, 6.45) is 16.7. The molecule has 1 fully saturated rings. The second kappa shape index (κ2) is 12.7. The lowest BCUT2D eigenvalue weighted by atomic mass is 9.96. The van der Waals surface area contributed by atoms with Gasteiger partial charge in [-0.3, -0.25) is 0 Å². The van der Waals surface area contributed by atoms with Crippen LogP contribution in [0.4, 0.5) is 4.79 Å². The van der Waals surface area contributed by atoms with Gasteiger partial charge in [-0.15, -0.1) is 0 Å². The Labute approximate surface area is 144 Å². The average molecular weight is 325 g/mol. The first-order chi connectivity index (χ1) is 11.1. The van der Waals surface area contributed by atoms with E-state index in [1.807, 2.05) is 4.90 Å². The minimum Gasteiger partial charge on any atom is -0.335 e. The van der Waals surface area contributed by atoms with Crippen molar-refractivity contribution in [2.75, 3.05) is 6.54 Å². The van der Waals surface area contributed by atoms with Crippen LogP contribution >= 0.6 is 0 Å². The first-order valence-corrected chi connectivity index (χ1v) is 10.2. The standard InChI is InChI=1S/C20H40N2O/c1-4-5-6-7-8-9-10-14-17-22(18(2)3)20(23)21-19-15-12-11-13-16-19/h18-19H,4-17H2,1-3H3,(H,21,23). The molecule has 0 aliphatic heterocycles. The van der Waals surface area contributed by atoms with Gasteiger partial charge in [-0.25, -0.2) is 4.79 Å². The minimum atomic E-state index is 0.162. The van der Waals surface area contributed by atoms with Crippen LogP contribution in [0, 0.1) is 0 Å². The van der Waals surface area contributed by atoms with Gasteiger partial charge in [0.05, 0.1) is 0 Å². The van der Waals surface area contributed by atoms with Gasteiger partial charge in [0.2, 0.25) is 0 Å². The fourth-order valence-corrected chi connectivity index (χ4v) is 3.51. The monoisotopic (exact) mass is 324 g/mol. The minimum absolute atomic E-state index is 0.162. The first-order valence-electron chi connectivity index (χ1n) is 10.2. The SMILES string of the molecule is CCCCCCCCCCN(C(=O)NC1CCCCC1)C(C)C. The molecule has 0 aromatic heterocycles. The lowest BCUT2D eigenvalue weighted by Gasteiger charge is -2.31. The van der Waals surface area contributed by atoms with Gasteiger partial charge in [0.25, 0.3) is 0 Å². The molecular weight excluding hydrogens is 284 g/mol. The largest absolute Gasteiger partial charge is 0.335 e. The summed E-state index contributed by atoms with van der Waals surface area (Å²) in [6.45, 7) is 7.43. The molecular formula is C20H40N2O. The molecule has 0 bridgehead atoms. The van der Waals surface area contributed by atoms with Crippen LogP contribution in [0.3, 0.4) is 0 Å². The highest BCUT2D eigenvalue weighted by atomic mass is 16.2. The number of urea groups is 1. The molecule has 23 heavy (non-hydrogen) atoms. The second-order valence-corrected chi connectivity index (χ2v) is 7.55. The molecule has 1 N–H and O–H groups in total. The van der Waals surface area contributed by atoms with Crippen LogP contribution in [0.25, 0.3) is 0 Å². The Morgan fingerprint density at radius 1 is 0.957 bits per heavy atom. The summed E-state index contributed by atoms with van der Waals surface area (Å²) >= 11 is 0. The Balaban J connectivity index is 2.16. The summed E-state index contributed by atoms with van der Waals surface area (Å²) in [5, 5.41) is 3.26. The summed E-state index contributed by atoms with van der Waals surface area (Å²) in [5.74, 6) is 0. The summed E-state index contributed by atoms with van der Waals surface area (Å²) < 4.78 is 0. The Morgan fingerprint density at radius 2 is 1.52 bits per heavy atom. The topological polar surface area (TPSA) is 32.3 Å². The third-order valence-corrected chi connectivity index (χ3v) is 5.07. The zero-order valence-corrected chi connectivity index (χ0v) is 15.9. The van der Waals surface area contributed by atoms with Gasteiger partial charge >= 0.3 is 6.03 Å². The van der Waals surface area contributed by atoms with Crippen molar-refractivity contribution in [1.82, 2.24) is 10.2 Å². The summed E-state index contributed by atoms with van der Waals surface area (Å²) in [5.41, 5.74) is 0.